The van der Waals surface area contributed by atoms with Gasteiger partial charge in [-0.1, -0.05) is 12.8 Å². The van der Waals surface area contributed by atoms with Crippen LogP contribution in [0.2, 0.25) is 0 Å². The fraction of sp³-hybridized carbons (Fsp3) is 0.500. The van der Waals surface area contributed by atoms with E-state index in [1.54, 1.807) is 6.26 Å². The quantitative estimate of drug-likeness (QED) is 0.891. The van der Waals surface area contributed by atoms with E-state index >= 15 is 0 Å². The second kappa shape index (κ2) is 6.54. The Labute approximate surface area is 147 Å². The number of rotatable bonds is 2. The summed E-state index contributed by atoms with van der Waals surface area (Å²) in [5.41, 5.74) is 2.96. The molecule has 5 heteroatoms. The van der Waals surface area contributed by atoms with E-state index in [2.05, 4.69) is 4.98 Å². The van der Waals surface area contributed by atoms with Crippen LogP contribution in [0.4, 0.5) is 0 Å². The summed E-state index contributed by atoms with van der Waals surface area (Å²) >= 11 is 0. The first-order chi connectivity index (χ1) is 12.2. The van der Waals surface area contributed by atoms with Crippen molar-refractivity contribution in [3.05, 3.63) is 46.7 Å². The number of aryl methyl sites for hydroxylation is 2. The monoisotopic (exact) mass is 340 g/mol. The third kappa shape index (κ3) is 2.81. The minimum Gasteiger partial charge on any atom is -0.467 e. The van der Waals surface area contributed by atoms with Gasteiger partial charge >= 0.3 is 0 Å². The normalized spacial score (nSPS) is 21.1. The molecule has 3 heterocycles. The Morgan fingerprint density at radius 3 is 2.92 bits per heavy atom. The van der Waals surface area contributed by atoms with Crippen LogP contribution in [0, 0.1) is 6.92 Å². The molecule has 0 spiro atoms. The van der Waals surface area contributed by atoms with Crippen molar-refractivity contribution in [3.63, 3.8) is 0 Å². The van der Waals surface area contributed by atoms with Crippen LogP contribution in [0.3, 0.4) is 0 Å². The standard InChI is InChI=1S/C20H24N2O3/c1-13-18(19-14(21-13)7-5-9-16(19)23)20(24)22-11-4-2-3-8-15(22)17-10-6-12-25-17/h6,10,12,15,21H,2-5,7-9,11H2,1H3/t15-/m1/s1. The van der Waals surface area contributed by atoms with E-state index in [0.717, 1.165) is 55.7 Å². The number of aromatic nitrogens is 1. The van der Waals surface area contributed by atoms with Gasteiger partial charge in [0.25, 0.3) is 5.91 Å². The zero-order valence-electron chi connectivity index (χ0n) is 14.6. The number of H-pyrrole nitrogens is 1. The van der Waals surface area contributed by atoms with Crippen molar-refractivity contribution < 1.29 is 14.0 Å². The SMILES string of the molecule is Cc1[nH]c2c(c1C(=O)N1CCCCC[C@@H]1c1ccco1)C(=O)CCC2. The topological polar surface area (TPSA) is 66.3 Å². The predicted molar refractivity (Wildman–Crippen MR) is 93.8 cm³/mol. The van der Waals surface area contributed by atoms with Gasteiger partial charge < -0.3 is 14.3 Å². The van der Waals surface area contributed by atoms with Crippen molar-refractivity contribution in [2.45, 2.75) is 57.9 Å². The van der Waals surface area contributed by atoms with E-state index in [0.29, 0.717) is 24.1 Å². The number of ketones is 1. The fourth-order valence-corrected chi connectivity index (χ4v) is 4.27. The van der Waals surface area contributed by atoms with Crippen LogP contribution in [0.1, 0.15) is 82.4 Å². The van der Waals surface area contributed by atoms with Crippen LogP contribution >= 0.6 is 0 Å². The highest BCUT2D eigenvalue weighted by atomic mass is 16.3. The third-order valence-corrected chi connectivity index (χ3v) is 5.47. The number of carbonyl (C=O) groups is 2. The lowest BCUT2D eigenvalue weighted by Gasteiger charge is -2.29. The van der Waals surface area contributed by atoms with Crippen molar-refractivity contribution >= 4 is 11.7 Å². The number of likely N-dealkylation sites (tertiary alicyclic amines) is 1. The molecule has 1 aliphatic heterocycles. The van der Waals surface area contributed by atoms with Crippen LogP contribution in [-0.2, 0) is 6.42 Å². The number of carbonyl (C=O) groups excluding carboxylic acids is 2. The van der Waals surface area contributed by atoms with Gasteiger partial charge in [-0.2, -0.15) is 0 Å². The first-order valence-electron chi connectivity index (χ1n) is 9.26. The molecule has 1 fully saturated rings. The van der Waals surface area contributed by atoms with Gasteiger partial charge in [-0.05, 0) is 44.7 Å². The number of aromatic amines is 1. The maximum Gasteiger partial charge on any atom is 0.257 e. The van der Waals surface area contributed by atoms with Crippen LogP contribution in [0.5, 0.6) is 0 Å². The molecule has 132 valence electrons. The number of nitrogens with zero attached hydrogens (tertiary/aromatic N) is 1. The van der Waals surface area contributed by atoms with Crippen molar-refractivity contribution in [2.75, 3.05) is 6.54 Å². The highest BCUT2D eigenvalue weighted by Gasteiger charge is 2.35. The summed E-state index contributed by atoms with van der Waals surface area (Å²) in [4.78, 5) is 31.2. The summed E-state index contributed by atoms with van der Waals surface area (Å²) in [6, 6.07) is 3.77. The minimum absolute atomic E-state index is 0.0338. The van der Waals surface area contributed by atoms with Crippen LogP contribution in [-0.4, -0.2) is 28.1 Å². The Morgan fingerprint density at radius 2 is 2.12 bits per heavy atom. The van der Waals surface area contributed by atoms with Gasteiger partial charge in [0, 0.05) is 24.4 Å². The zero-order valence-corrected chi connectivity index (χ0v) is 14.6. The Bertz CT molecular complexity index is 788. The lowest BCUT2D eigenvalue weighted by atomic mass is 9.92. The summed E-state index contributed by atoms with van der Waals surface area (Å²) in [6.45, 7) is 2.61. The van der Waals surface area contributed by atoms with E-state index in [1.807, 2.05) is 24.0 Å². The number of nitrogens with one attached hydrogen (secondary N) is 1. The highest BCUT2D eigenvalue weighted by Crippen LogP contribution is 2.34. The summed E-state index contributed by atoms with van der Waals surface area (Å²) < 4.78 is 5.62. The van der Waals surface area contributed by atoms with Crippen molar-refractivity contribution in [2.24, 2.45) is 0 Å². The molecule has 0 radical (unpaired) electrons. The average Bonchev–Trinajstić information content (AvgIpc) is 3.16. The molecule has 25 heavy (non-hydrogen) atoms. The molecular weight excluding hydrogens is 316 g/mol. The number of hydrogen-bond acceptors (Lipinski definition) is 3. The molecular formula is C20H24N2O3. The van der Waals surface area contributed by atoms with Crippen molar-refractivity contribution in [1.29, 1.82) is 0 Å². The van der Waals surface area contributed by atoms with E-state index in [1.165, 1.54) is 0 Å². The highest BCUT2D eigenvalue weighted by molar-refractivity contribution is 6.10. The number of amides is 1. The molecule has 0 saturated carbocycles. The summed E-state index contributed by atoms with van der Waals surface area (Å²) in [6.07, 6.45) is 7.99. The molecule has 2 aromatic rings. The summed E-state index contributed by atoms with van der Waals surface area (Å²) in [5.74, 6) is 0.899. The first kappa shape index (κ1) is 16.2. The smallest absolute Gasteiger partial charge is 0.257 e. The zero-order chi connectivity index (χ0) is 17.4. The Balaban J connectivity index is 1.74. The molecule has 1 N–H and O–H groups in total. The predicted octanol–water partition coefficient (Wildman–Crippen LogP) is 4.19. The van der Waals surface area contributed by atoms with E-state index in [4.69, 9.17) is 4.42 Å². The van der Waals surface area contributed by atoms with Gasteiger partial charge in [0.2, 0.25) is 0 Å². The number of fused-ring (bicyclic) bond motifs is 1. The molecule has 4 rings (SSSR count). The largest absolute Gasteiger partial charge is 0.467 e. The summed E-state index contributed by atoms with van der Waals surface area (Å²) in [7, 11) is 0. The molecule has 0 bridgehead atoms. The van der Waals surface area contributed by atoms with Gasteiger partial charge in [-0.3, -0.25) is 9.59 Å². The maximum atomic E-state index is 13.5. The van der Waals surface area contributed by atoms with Crippen LogP contribution in [0.25, 0.3) is 0 Å². The molecule has 0 aromatic carbocycles. The van der Waals surface area contributed by atoms with Crippen LogP contribution < -0.4 is 0 Å². The molecule has 1 amide bonds. The number of hydrogen-bond donors (Lipinski definition) is 1. The third-order valence-electron chi connectivity index (χ3n) is 5.47. The lowest BCUT2D eigenvalue weighted by Crippen LogP contribution is -2.35. The van der Waals surface area contributed by atoms with Gasteiger partial charge in [-0.15, -0.1) is 0 Å². The molecule has 1 atom stereocenters. The molecule has 5 nitrogen and oxygen atoms in total. The Kier molecular flexibility index (Phi) is 4.24. The van der Waals surface area contributed by atoms with E-state index in [-0.39, 0.29) is 17.7 Å². The second-order valence-electron chi connectivity index (χ2n) is 7.13. The average molecular weight is 340 g/mol. The first-order valence-corrected chi connectivity index (χ1v) is 9.26. The lowest BCUT2D eigenvalue weighted by molar-refractivity contribution is 0.0653. The molecule has 2 aromatic heterocycles. The molecule has 0 unspecified atom stereocenters. The van der Waals surface area contributed by atoms with Crippen LogP contribution in [0.15, 0.2) is 22.8 Å². The second-order valence-corrected chi connectivity index (χ2v) is 7.13. The van der Waals surface area contributed by atoms with Gasteiger partial charge in [-0.25, -0.2) is 0 Å². The summed E-state index contributed by atoms with van der Waals surface area (Å²) in [5, 5.41) is 0. The number of Topliss-reactive ketones (excluding diaryl/α,β-unsaturated/α-hetero) is 1. The van der Waals surface area contributed by atoms with Gasteiger partial charge in [0.1, 0.15) is 5.76 Å². The van der Waals surface area contributed by atoms with E-state index in [9.17, 15) is 9.59 Å². The fourth-order valence-electron chi connectivity index (χ4n) is 4.27. The van der Waals surface area contributed by atoms with Gasteiger partial charge in [0.05, 0.1) is 23.4 Å². The molecule has 1 saturated heterocycles. The Hall–Kier alpha value is -2.30. The van der Waals surface area contributed by atoms with E-state index < -0.39 is 0 Å². The van der Waals surface area contributed by atoms with Crippen molar-refractivity contribution in [1.82, 2.24) is 9.88 Å². The molecule has 1 aliphatic carbocycles. The van der Waals surface area contributed by atoms with Crippen molar-refractivity contribution in [3.8, 4) is 0 Å². The minimum atomic E-state index is -0.0476. The molecule has 2 aliphatic rings. The Morgan fingerprint density at radius 1 is 1.24 bits per heavy atom. The maximum absolute atomic E-state index is 13.5. The number of furan rings is 1. The van der Waals surface area contributed by atoms with Gasteiger partial charge in [0.15, 0.2) is 5.78 Å².